The summed E-state index contributed by atoms with van der Waals surface area (Å²) in [6.07, 6.45) is 6.74. The number of rotatable bonds is 3. The largest absolute Gasteiger partial charge is 0.310 e. The van der Waals surface area contributed by atoms with Crippen molar-refractivity contribution in [2.75, 3.05) is 5.32 Å². The predicted molar refractivity (Wildman–Crippen MR) is 127 cm³/mol. The van der Waals surface area contributed by atoms with Crippen LogP contribution in [0.1, 0.15) is 27.9 Å². The molecule has 0 fully saturated rings. The number of aryl methyl sites for hydroxylation is 2. The van der Waals surface area contributed by atoms with Crippen LogP contribution < -0.4 is 5.32 Å². The highest BCUT2D eigenvalue weighted by atomic mass is 16.2. The Morgan fingerprint density at radius 1 is 0.939 bits per heavy atom. The molecule has 6 heteroatoms. The van der Waals surface area contributed by atoms with Gasteiger partial charge in [-0.15, -0.1) is 0 Å². The third kappa shape index (κ3) is 2.73. The Hall–Kier alpha value is -4.06. The first-order valence-electron chi connectivity index (χ1n) is 11.3. The number of anilines is 1. The Bertz CT molecular complexity index is 1590. The maximum Gasteiger partial charge on any atom is 0.237 e. The summed E-state index contributed by atoms with van der Waals surface area (Å²) in [5, 5.41) is 12.5. The van der Waals surface area contributed by atoms with Gasteiger partial charge in [0.2, 0.25) is 5.91 Å². The van der Waals surface area contributed by atoms with Gasteiger partial charge in [0.1, 0.15) is 5.82 Å². The lowest BCUT2D eigenvalue weighted by molar-refractivity contribution is -0.120. The van der Waals surface area contributed by atoms with Gasteiger partial charge in [0, 0.05) is 28.2 Å². The van der Waals surface area contributed by atoms with Crippen molar-refractivity contribution in [3.63, 3.8) is 0 Å². The van der Waals surface area contributed by atoms with Crippen LogP contribution in [-0.2, 0) is 35.9 Å². The van der Waals surface area contributed by atoms with Gasteiger partial charge in [-0.25, -0.2) is 4.98 Å². The first kappa shape index (κ1) is 18.5. The third-order valence-corrected chi connectivity index (χ3v) is 7.26. The molecule has 2 N–H and O–H groups in total. The van der Waals surface area contributed by atoms with Gasteiger partial charge in [-0.2, -0.15) is 5.10 Å². The van der Waals surface area contributed by atoms with E-state index in [2.05, 4.69) is 63.0 Å². The Morgan fingerprint density at radius 3 is 2.79 bits per heavy atom. The van der Waals surface area contributed by atoms with Gasteiger partial charge in [0.25, 0.3) is 0 Å². The summed E-state index contributed by atoms with van der Waals surface area (Å²) in [6, 6.07) is 18.9. The van der Waals surface area contributed by atoms with Crippen molar-refractivity contribution in [2.45, 2.75) is 31.1 Å². The monoisotopic (exact) mass is 431 g/mol. The van der Waals surface area contributed by atoms with Gasteiger partial charge in [-0.05, 0) is 66.6 Å². The van der Waals surface area contributed by atoms with Crippen LogP contribution in [0.3, 0.4) is 0 Å². The van der Waals surface area contributed by atoms with E-state index in [0.29, 0.717) is 18.7 Å². The van der Waals surface area contributed by atoms with Crippen LogP contribution in [-0.4, -0.2) is 26.1 Å². The van der Waals surface area contributed by atoms with Crippen molar-refractivity contribution in [2.24, 2.45) is 0 Å². The first-order valence-corrected chi connectivity index (χ1v) is 11.3. The molecule has 5 aromatic rings. The summed E-state index contributed by atoms with van der Waals surface area (Å²) < 4.78 is 0. The normalized spacial score (nSPS) is 18.7. The van der Waals surface area contributed by atoms with E-state index in [1.54, 1.807) is 6.20 Å². The molecule has 4 heterocycles. The van der Waals surface area contributed by atoms with Crippen molar-refractivity contribution in [1.82, 2.24) is 20.2 Å². The number of amides is 1. The molecule has 0 saturated heterocycles. The average molecular weight is 431 g/mol. The van der Waals surface area contributed by atoms with Crippen LogP contribution >= 0.6 is 0 Å². The minimum Gasteiger partial charge on any atom is -0.310 e. The molecule has 3 aromatic heterocycles. The van der Waals surface area contributed by atoms with E-state index in [4.69, 9.17) is 4.98 Å². The molecule has 1 spiro atoms. The van der Waals surface area contributed by atoms with Crippen molar-refractivity contribution in [3.05, 3.63) is 94.9 Å². The summed E-state index contributed by atoms with van der Waals surface area (Å²) in [6.45, 7) is 0. The highest BCUT2D eigenvalue weighted by Gasteiger charge is 2.51. The SMILES string of the molecule is O=C1Nc2ncccc2C12Cc1cc3ccc(CCc4cccc5cn[nH]c45)nc3cc1C2. The number of aromatic nitrogens is 4. The first-order chi connectivity index (χ1) is 16.2. The number of H-pyrrole nitrogens is 1. The topological polar surface area (TPSA) is 83.6 Å². The van der Waals surface area contributed by atoms with Crippen molar-refractivity contribution in [1.29, 1.82) is 0 Å². The molecule has 1 atom stereocenters. The third-order valence-electron chi connectivity index (χ3n) is 7.26. The van der Waals surface area contributed by atoms with Gasteiger partial charge < -0.3 is 5.32 Å². The summed E-state index contributed by atoms with van der Waals surface area (Å²) in [5.74, 6) is 0.755. The van der Waals surface area contributed by atoms with Crippen LogP contribution in [0.2, 0.25) is 0 Å². The number of pyridine rings is 2. The Kier molecular flexibility index (Phi) is 3.77. The Labute approximate surface area is 190 Å². The molecule has 1 aliphatic carbocycles. The Morgan fingerprint density at radius 2 is 1.85 bits per heavy atom. The lowest BCUT2D eigenvalue weighted by atomic mass is 9.79. The number of carbonyl (C=O) groups is 1. The molecular weight excluding hydrogens is 410 g/mol. The fourth-order valence-electron chi connectivity index (χ4n) is 5.58. The van der Waals surface area contributed by atoms with Crippen LogP contribution in [0.15, 0.2) is 67.0 Å². The molecule has 0 bridgehead atoms. The quantitative estimate of drug-likeness (QED) is 0.447. The number of carbonyl (C=O) groups excluding carboxylic acids is 1. The van der Waals surface area contributed by atoms with Gasteiger partial charge in [-0.3, -0.25) is 14.9 Å². The second kappa shape index (κ2) is 6.72. The number of benzene rings is 2. The number of nitrogens with one attached hydrogen (secondary N) is 2. The van der Waals surface area contributed by atoms with E-state index in [9.17, 15) is 4.79 Å². The molecule has 2 aliphatic rings. The number of fused-ring (bicyclic) bond motifs is 5. The minimum absolute atomic E-state index is 0.0538. The molecule has 1 amide bonds. The molecule has 160 valence electrons. The fourth-order valence-corrected chi connectivity index (χ4v) is 5.58. The molecule has 0 saturated carbocycles. The lowest BCUT2D eigenvalue weighted by Crippen LogP contribution is -2.35. The smallest absolute Gasteiger partial charge is 0.237 e. The number of nitrogens with zero attached hydrogens (tertiary/aromatic N) is 3. The second-order valence-corrected chi connectivity index (χ2v) is 9.16. The van der Waals surface area contributed by atoms with E-state index in [0.717, 1.165) is 45.9 Å². The molecule has 2 aromatic carbocycles. The standard InChI is InChI=1S/C27H21N5O/c33-26-27(22-5-2-10-28-25(22)31-26)13-19-11-17-7-9-21(30-23(17)12-20(19)14-27)8-6-16-3-1-4-18-15-29-32-24(16)18/h1-5,7,9-12,15H,6,8,13-14H2,(H,29,32)(H,28,31,33). The van der Waals surface area contributed by atoms with Gasteiger partial charge >= 0.3 is 0 Å². The molecule has 1 unspecified atom stereocenters. The molecule has 7 rings (SSSR count). The predicted octanol–water partition coefficient (Wildman–Crippen LogP) is 4.28. The summed E-state index contributed by atoms with van der Waals surface area (Å²) in [4.78, 5) is 22.3. The number of para-hydroxylation sites is 1. The highest BCUT2D eigenvalue weighted by molar-refractivity contribution is 6.06. The molecule has 6 nitrogen and oxygen atoms in total. The molecule has 33 heavy (non-hydrogen) atoms. The van der Waals surface area contributed by atoms with Crippen molar-refractivity contribution in [3.8, 4) is 0 Å². The van der Waals surface area contributed by atoms with Crippen molar-refractivity contribution < 1.29 is 4.79 Å². The zero-order valence-corrected chi connectivity index (χ0v) is 17.9. The highest BCUT2D eigenvalue weighted by Crippen LogP contribution is 2.47. The fraction of sp³-hybridized carbons (Fsp3) is 0.185. The van der Waals surface area contributed by atoms with Crippen LogP contribution in [0.25, 0.3) is 21.8 Å². The maximum atomic E-state index is 13.0. The molecule has 1 aliphatic heterocycles. The summed E-state index contributed by atoms with van der Waals surface area (Å²) in [7, 11) is 0. The van der Waals surface area contributed by atoms with Crippen molar-refractivity contribution >= 4 is 33.5 Å². The zero-order valence-electron chi connectivity index (χ0n) is 17.9. The zero-order chi connectivity index (χ0) is 22.0. The van der Waals surface area contributed by atoms with Gasteiger partial charge in [0.15, 0.2) is 0 Å². The molecular formula is C27H21N5O. The van der Waals surface area contributed by atoms with E-state index < -0.39 is 5.41 Å². The second-order valence-electron chi connectivity index (χ2n) is 9.16. The van der Waals surface area contributed by atoms with E-state index in [-0.39, 0.29) is 5.91 Å². The van der Waals surface area contributed by atoms with E-state index >= 15 is 0 Å². The van der Waals surface area contributed by atoms with E-state index in [1.165, 1.54) is 16.7 Å². The number of hydrogen-bond donors (Lipinski definition) is 2. The number of hydrogen-bond acceptors (Lipinski definition) is 4. The van der Waals surface area contributed by atoms with Crippen LogP contribution in [0.5, 0.6) is 0 Å². The average Bonchev–Trinajstić information content (AvgIpc) is 3.52. The van der Waals surface area contributed by atoms with Crippen LogP contribution in [0.4, 0.5) is 5.82 Å². The van der Waals surface area contributed by atoms with Gasteiger partial charge in [0.05, 0.1) is 22.6 Å². The minimum atomic E-state index is -0.547. The summed E-state index contributed by atoms with van der Waals surface area (Å²) in [5.41, 5.74) is 7.32. The lowest BCUT2D eigenvalue weighted by Gasteiger charge is -2.20. The maximum absolute atomic E-state index is 13.0. The summed E-state index contributed by atoms with van der Waals surface area (Å²) >= 11 is 0. The van der Waals surface area contributed by atoms with Crippen LogP contribution in [0, 0.1) is 0 Å². The number of aromatic amines is 1. The van der Waals surface area contributed by atoms with Gasteiger partial charge in [-0.1, -0.05) is 30.3 Å². The van der Waals surface area contributed by atoms with E-state index in [1.807, 2.05) is 18.3 Å². The Balaban J connectivity index is 1.20. The molecule has 0 radical (unpaired) electrons.